The molecule has 7 heteroatoms. The lowest BCUT2D eigenvalue weighted by molar-refractivity contribution is -0.384. The number of hydrogen-bond acceptors (Lipinski definition) is 4. The van der Waals surface area contributed by atoms with Crippen LogP contribution in [0.1, 0.15) is 19.0 Å². The van der Waals surface area contributed by atoms with E-state index in [4.69, 9.17) is 0 Å². The van der Waals surface area contributed by atoms with Crippen LogP contribution in [0.3, 0.4) is 0 Å². The van der Waals surface area contributed by atoms with Crippen molar-refractivity contribution in [3.8, 4) is 0 Å². The molecule has 2 aromatic rings. The highest BCUT2D eigenvalue weighted by molar-refractivity contribution is 5.88. The summed E-state index contributed by atoms with van der Waals surface area (Å²) in [6.07, 6.45) is 4.36. The van der Waals surface area contributed by atoms with Gasteiger partial charge in [-0.05, 0) is 18.6 Å². The van der Waals surface area contributed by atoms with Crippen LogP contribution in [-0.2, 0) is 4.79 Å². The summed E-state index contributed by atoms with van der Waals surface area (Å²) in [5.74, 6) is -0.0685. The van der Waals surface area contributed by atoms with Gasteiger partial charge in [0.1, 0.15) is 0 Å². The Morgan fingerprint density at radius 1 is 1.55 bits per heavy atom. The van der Waals surface area contributed by atoms with Crippen LogP contribution in [0.4, 0.5) is 5.69 Å². The van der Waals surface area contributed by atoms with Crippen molar-refractivity contribution in [2.45, 2.75) is 13.3 Å². The number of fused-ring (bicyclic) bond motifs is 1. The first-order chi connectivity index (χ1) is 9.58. The van der Waals surface area contributed by atoms with Gasteiger partial charge in [0.2, 0.25) is 5.91 Å². The minimum atomic E-state index is -0.434. The first kappa shape index (κ1) is 13.7. The van der Waals surface area contributed by atoms with E-state index in [0.717, 1.165) is 0 Å². The first-order valence-corrected chi connectivity index (χ1v) is 6.11. The fourth-order valence-electron chi connectivity index (χ4n) is 1.79. The largest absolute Gasteiger partial charge is 0.356 e. The van der Waals surface area contributed by atoms with E-state index >= 15 is 0 Å². The molecule has 0 aliphatic heterocycles. The Morgan fingerprint density at radius 2 is 2.35 bits per heavy atom. The van der Waals surface area contributed by atoms with Crippen LogP contribution < -0.4 is 5.32 Å². The van der Waals surface area contributed by atoms with Crippen LogP contribution in [-0.4, -0.2) is 27.6 Å². The van der Waals surface area contributed by atoms with E-state index in [1.165, 1.54) is 19.1 Å². The first-order valence-electron chi connectivity index (χ1n) is 6.11. The van der Waals surface area contributed by atoms with Gasteiger partial charge in [0.25, 0.3) is 5.69 Å². The molecule has 0 aliphatic carbocycles. The highest BCUT2D eigenvalue weighted by atomic mass is 16.6. The maximum absolute atomic E-state index is 10.8. The molecule has 0 atom stereocenters. The molecule has 7 nitrogen and oxygen atoms in total. The fourth-order valence-corrected chi connectivity index (χ4v) is 1.79. The Balaban J connectivity index is 2.13. The maximum atomic E-state index is 10.8. The Kier molecular flexibility index (Phi) is 4.09. The molecule has 2 N–H and O–H groups in total. The summed E-state index contributed by atoms with van der Waals surface area (Å²) in [6.45, 7) is 2.02. The second-order valence-corrected chi connectivity index (χ2v) is 4.27. The average Bonchev–Trinajstić information content (AvgIpc) is 2.80. The molecule has 1 aromatic carbocycles. The number of hydrogen-bond donors (Lipinski definition) is 2. The van der Waals surface area contributed by atoms with Gasteiger partial charge in [-0.2, -0.15) is 5.10 Å². The third-order valence-electron chi connectivity index (χ3n) is 2.75. The van der Waals surface area contributed by atoms with E-state index in [1.807, 2.05) is 6.08 Å². The van der Waals surface area contributed by atoms with Gasteiger partial charge in [-0.25, -0.2) is 0 Å². The molecule has 0 saturated carbocycles. The predicted octanol–water partition coefficient (Wildman–Crippen LogP) is 2.01. The van der Waals surface area contributed by atoms with E-state index in [-0.39, 0.29) is 11.6 Å². The van der Waals surface area contributed by atoms with Crippen LogP contribution in [0.25, 0.3) is 17.0 Å². The molecule has 0 unspecified atom stereocenters. The SMILES string of the molecule is CC(=O)NCCC=Cc1[nH]nc2ccc([N+](=O)[O-])cc12. The predicted molar refractivity (Wildman–Crippen MR) is 75.1 cm³/mol. The topological polar surface area (TPSA) is 101 Å². The lowest BCUT2D eigenvalue weighted by Gasteiger charge is -1.96. The Labute approximate surface area is 114 Å². The van der Waals surface area contributed by atoms with Crippen molar-refractivity contribution in [1.82, 2.24) is 15.5 Å². The molecule has 1 aromatic heterocycles. The Morgan fingerprint density at radius 3 is 3.05 bits per heavy atom. The molecule has 2 rings (SSSR count). The van der Waals surface area contributed by atoms with Crippen LogP contribution in [0.2, 0.25) is 0 Å². The molecule has 0 spiro atoms. The van der Waals surface area contributed by atoms with E-state index < -0.39 is 4.92 Å². The number of nitrogens with one attached hydrogen (secondary N) is 2. The van der Waals surface area contributed by atoms with Crippen molar-refractivity contribution in [1.29, 1.82) is 0 Å². The third-order valence-corrected chi connectivity index (χ3v) is 2.75. The molecule has 0 fully saturated rings. The summed E-state index contributed by atoms with van der Waals surface area (Å²) >= 11 is 0. The smallest absolute Gasteiger partial charge is 0.270 e. The zero-order chi connectivity index (χ0) is 14.5. The number of rotatable bonds is 5. The van der Waals surface area contributed by atoms with Gasteiger partial charge in [0.15, 0.2) is 0 Å². The van der Waals surface area contributed by atoms with Gasteiger partial charge in [-0.15, -0.1) is 0 Å². The van der Waals surface area contributed by atoms with Crippen molar-refractivity contribution < 1.29 is 9.72 Å². The van der Waals surface area contributed by atoms with E-state index in [0.29, 0.717) is 29.6 Å². The van der Waals surface area contributed by atoms with Gasteiger partial charge in [0, 0.05) is 31.0 Å². The molecule has 0 bridgehead atoms. The monoisotopic (exact) mass is 274 g/mol. The lowest BCUT2D eigenvalue weighted by atomic mass is 10.2. The Bertz CT molecular complexity index is 675. The third kappa shape index (κ3) is 3.19. The van der Waals surface area contributed by atoms with Crippen molar-refractivity contribution in [2.24, 2.45) is 0 Å². The maximum Gasteiger partial charge on any atom is 0.270 e. The number of benzene rings is 1. The zero-order valence-electron chi connectivity index (χ0n) is 10.9. The van der Waals surface area contributed by atoms with E-state index in [1.54, 1.807) is 12.1 Å². The van der Waals surface area contributed by atoms with Crippen molar-refractivity contribution >= 4 is 28.6 Å². The molecule has 1 amide bonds. The standard InChI is InChI=1S/C13H14N4O3/c1-9(18)14-7-3-2-4-12-11-8-10(17(19)20)5-6-13(11)16-15-12/h2,4-6,8H,3,7H2,1H3,(H,14,18)(H,15,16). The quantitative estimate of drug-likeness (QED) is 0.494. The number of nitrogens with zero attached hydrogens (tertiary/aromatic N) is 2. The van der Waals surface area contributed by atoms with Gasteiger partial charge in [0.05, 0.1) is 16.1 Å². The van der Waals surface area contributed by atoms with E-state index in [9.17, 15) is 14.9 Å². The van der Waals surface area contributed by atoms with Gasteiger partial charge in [-0.3, -0.25) is 20.0 Å². The molecule has 104 valence electrons. The summed E-state index contributed by atoms with van der Waals surface area (Å²) in [5.41, 5.74) is 1.43. The number of carbonyl (C=O) groups excluding carboxylic acids is 1. The summed E-state index contributed by atoms with van der Waals surface area (Å²) in [5, 5.41) is 21.1. The molecule has 1 heterocycles. The number of nitro groups is 1. The second kappa shape index (κ2) is 5.96. The number of non-ortho nitro benzene ring substituents is 1. The zero-order valence-corrected chi connectivity index (χ0v) is 10.9. The number of nitro benzene ring substituents is 1. The van der Waals surface area contributed by atoms with Crippen molar-refractivity contribution in [3.63, 3.8) is 0 Å². The lowest BCUT2D eigenvalue weighted by Crippen LogP contribution is -2.20. The average molecular weight is 274 g/mol. The van der Waals surface area contributed by atoms with Crippen LogP contribution in [0.5, 0.6) is 0 Å². The number of aromatic nitrogens is 2. The molecular weight excluding hydrogens is 260 g/mol. The van der Waals surface area contributed by atoms with Crippen LogP contribution >= 0.6 is 0 Å². The molecule has 0 radical (unpaired) electrons. The molecule has 0 aliphatic rings. The van der Waals surface area contributed by atoms with Gasteiger partial charge in [-0.1, -0.05) is 6.08 Å². The number of aromatic amines is 1. The number of amides is 1. The Hall–Kier alpha value is -2.70. The highest BCUT2D eigenvalue weighted by Gasteiger charge is 2.09. The minimum absolute atomic E-state index is 0.0341. The van der Waals surface area contributed by atoms with Gasteiger partial charge < -0.3 is 5.32 Å². The molecular formula is C13H14N4O3. The van der Waals surface area contributed by atoms with Crippen molar-refractivity contribution in [3.05, 3.63) is 40.1 Å². The van der Waals surface area contributed by atoms with Crippen LogP contribution in [0, 0.1) is 10.1 Å². The van der Waals surface area contributed by atoms with E-state index in [2.05, 4.69) is 15.5 Å². The fraction of sp³-hybridized carbons (Fsp3) is 0.231. The second-order valence-electron chi connectivity index (χ2n) is 4.27. The number of H-pyrrole nitrogens is 1. The normalized spacial score (nSPS) is 11.1. The van der Waals surface area contributed by atoms with Crippen molar-refractivity contribution in [2.75, 3.05) is 6.54 Å². The minimum Gasteiger partial charge on any atom is -0.356 e. The molecule has 0 saturated heterocycles. The van der Waals surface area contributed by atoms with Crippen LogP contribution in [0.15, 0.2) is 24.3 Å². The summed E-state index contributed by atoms with van der Waals surface area (Å²) in [7, 11) is 0. The summed E-state index contributed by atoms with van der Waals surface area (Å²) in [4.78, 5) is 21.0. The number of carbonyl (C=O) groups is 1. The summed E-state index contributed by atoms with van der Waals surface area (Å²) < 4.78 is 0. The summed E-state index contributed by atoms with van der Waals surface area (Å²) in [6, 6.07) is 4.53. The highest BCUT2D eigenvalue weighted by Crippen LogP contribution is 2.22. The van der Waals surface area contributed by atoms with Gasteiger partial charge >= 0.3 is 0 Å². The molecule has 20 heavy (non-hydrogen) atoms.